The summed E-state index contributed by atoms with van der Waals surface area (Å²) in [5, 5.41) is 10.8. The third kappa shape index (κ3) is 7.92. The Labute approximate surface area is 88.6 Å². The molecule has 0 aromatic rings. The molecule has 0 aromatic carbocycles. The summed E-state index contributed by atoms with van der Waals surface area (Å²) in [7, 11) is -3.67. The van der Waals surface area contributed by atoms with Crippen LogP contribution in [-0.4, -0.2) is 42.9 Å². The summed E-state index contributed by atoms with van der Waals surface area (Å²) in [6, 6.07) is -0.0559. The lowest BCUT2D eigenvalue weighted by Crippen LogP contribution is -2.32. The lowest BCUT2D eigenvalue weighted by Gasteiger charge is -2.07. The fourth-order valence-electron chi connectivity index (χ4n) is 0.903. The van der Waals surface area contributed by atoms with Crippen LogP contribution in [0.5, 0.6) is 0 Å². The van der Waals surface area contributed by atoms with Gasteiger partial charge in [-0.2, -0.15) is 0 Å². The normalized spacial score (nSPS) is 11.4. The van der Waals surface area contributed by atoms with Crippen LogP contribution in [0.25, 0.3) is 0 Å². The Morgan fingerprint density at radius 3 is 2.27 bits per heavy atom. The van der Waals surface area contributed by atoms with Crippen LogP contribution in [0.4, 0.5) is 0 Å². The Kier molecular flexibility index (Phi) is 5.27. The number of amides is 1. The molecule has 0 bridgehead atoms. The molecule has 6 nitrogen and oxygen atoms in total. The molecule has 0 aliphatic heterocycles. The molecule has 0 spiro atoms. The highest BCUT2D eigenvalue weighted by molar-refractivity contribution is 7.92. The zero-order chi connectivity index (χ0) is 12.1. The van der Waals surface area contributed by atoms with Gasteiger partial charge in [0.2, 0.25) is 5.91 Å². The molecule has 7 heteroatoms. The van der Waals surface area contributed by atoms with Crippen molar-refractivity contribution in [3.8, 4) is 0 Å². The van der Waals surface area contributed by atoms with Gasteiger partial charge in [-0.15, -0.1) is 0 Å². The Bertz CT molecular complexity index is 333. The molecule has 15 heavy (non-hydrogen) atoms. The predicted octanol–water partition coefficient (Wildman–Crippen LogP) is -0.599. The lowest BCUT2D eigenvalue weighted by atomic mass is 10.3. The first kappa shape index (κ1) is 13.9. The monoisotopic (exact) mass is 237 g/mol. The number of nitrogens with one attached hydrogen (secondary N) is 1. The summed E-state index contributed by atoms with van der Waals surface area (Å²) in [4.78, 5) is 21.2. The summed E-state index contributed by atoms with van der Waals surface area (Å²) in [6.07, 6.45) is -0.201. The van der Waals surface area contributed by atoms with Gasteiger partial charge in [0.15, 0.2) is 9.84 Å². The van der Waals surface area contributed by atoms with Gasteiger partial charge in [-0.25, -0.2) is 8.42 Å². The molecular formula is C8H15NO5S. The van der Waals surface area contributed by atoms with Crippen molar-refractivity contribution in [2.24, 2.45) is 0 Å². The highest BCUT2D eigenvalue weighted by atomic mass is 32.2. The van der Waals surface area contributed by atoms with Crippen LogP contribution < -0.4 is 5.32 Å². The first-order valence-electron chi connectivity index (χ1n) is 4.44. The number of hydrogen-bond donors (Lipinski definition) is 2. The smallest absolute Gasteiger partial charge is 0.318 e. The van der Waals surface area contributed by atoms with Gasteiger partial charge in [0.25, 0.3) is 0 Å². The van der Waals surface area contributed by atoms with Crippen molar-refractivity contribution in [2.45, 2.75) is 26.3 Å². The molecule has 0 saturated heterocycles. The second kappa shape index (κ2) is 5.69. The van der Waals surface area contributed by atoms with Gasteiger partial charge in [0.1, 0.15) is 5.75 Å². The van der Waals surface area contributed by atoms with Crippen LogP contribution in [0.3, 0.4) is 0 Å². The van der Waals surface area contributed by atoms with E-state index in [-0.39, 0.29) is 18.4 Å². The minimum atomic E-state index is -3.67. The Balaban J connectivity index is 4.05. The Hall–Kier alpha value is -1.11. The molecule has 0 aromatic heterocycles. The van der Waals surface area contributed by atoms with Crippen LogP contribution >= 0.6 is 0 Å². The third-order valence-electron chi connectivity index (χ3n) is 1.43. The number of carboxylic acids is 1. The quantitative estimate of drug-likeness (QED) is 0.642. The first-order chi connectivity index (χ1) is 6.73. The summed E-state index contributed by atoms with van der Waals surface area (Å²) < 4.78 is 22.1. The molecule has 88 valence electrons. The van der Waals surface area contributed by atoms with Crippen molar-refractivity contribution in [3.05, 3.63) is 0 Å². The van der Waals surface area contributed by atoms with Crippen LogP contribution in [0.2, 0.25) is 0 Å². The fourth-order valence-corrected chi connectivity index (χ4v) is 1.92. The number of carbonyl (C=O) groups is 2. The largest absolute Gasteiger partial charge is 0.480 e. The van der Waals surface area contributed by atoms with Crippen LogP contribution in [0, 0.1) is 0 Å². The van der Waals surface area contributed by atoms with E-state index in [1.54, 1.807) is 13.8 Å². The van der Waals surface area contributed by atoms with E-state index < -0.39 is 27.3 Å². The SMILES string of the molecule is CC(C)NC(=O)CCS(=O)(=O)CC(=O)O. The topological polar surface area (TPSA) is 101 Å². The zero-order valence-corrected chi connectivity index (χ0v) is 9.50. The van der Waals surface area contributed by atoms with Gasteiger partial charge in [0, 0.05) is 12.5 Å². The van der Waals surface area contributed by atoms with Crippen molar-refractivity contribution in [2.75, 3.05) is 11.5 Å². The van der Waals surface area contributed by atoms with E-state index in [0.29, 0.717) is 0 Å². The second-order valence-electron chi connectivity index (χ2n) is 3.46. The van der Waals surface area contributed by atoms with E-state index in [9.17, 15) is 18.0 Å². The maximum Gasteiger partial charge on any atom is 0.318 e. The number of rotatable bonds is 6. The van der Waals surface area contributed by atoms with Gasteiger partial charge in [-0.3, -0.25) is 9.59 Å². The van der Waals surface area contributed by atoms with E-state index >= 15 is 0 Å². The number of carboxylic acid groups (broad SMARTS) is 1. The second-order valence-corrected chi connectivity index (χ2v) is 5.64. The molecule has 0 saturated carbocycles. The molecule has 0 rings (SSSR count). The van der Waals surface area contributed by atoms with Crippen LogP contribution in [-0.2, 0) is 19.4 Å². The zero-order valence-electron chi connectivity index (χ0n) is 8.69. The highest BCUT2D eigenvalue weighted by Crippen LogP contribution is 1.95. The Morgan fingerprint density at radius 1 is 1.33 bits per heavy atom. The molecule has 0 aliphatic carbocycles. The number of carbonyl (C=O) groups excluding carboxylic acids is 1. The van der Waals surface area contributed by atoms with Crippen molar-refractivity contribution >= 4 is 21.7 Å². The molecule has 0 atom stereocenters. The van der Waals surface area contributed by atoms with Crippen LogP contribution in [0.15, 0.2) is 0 Å². The predicted molar refractivity (Wildman–Crippen MR) is 54.2 cm³/mol. The molecule has 1 amide bonds. The number of hydrogen-bond acceptors (Lipinski definition) is 4. The molecule has 0 fully saturated rings. The van der Waals surface area contributed by atoms with Gasteiger partial charge in [0.05, 0.1) is 5.75 Å². The third-order valence-corrected chi connectivity index (χ3v) is 2.95. The fraction of sp³-hybridized carbons (Fsp3) is 0.750. The van der Waals surface area contributed by atoms with E-state index in [1.165, 1.54) is 0 Å². The van der Waals surface area contributed by atoms with Crippen molar-refractivity contribution in [1.29, 1.82) is 0 Å². The molecule has 0 heterocycles. The van der Waals surface area contributed by atoms with Gasteiger partial charge in [-0.1, -0.05) is 0 Å². The maximum absolute atomic E-state index is 11.1. The van der Waals surface area contributed by atoms with Crippen molar-refractivity contribution in [3.63, 3.8) is 0 Å². The van der Waals surface area contributed by atoms with Crippen molar-refractivity contribution < 1.29 is 23.1 Å². The molecule has 2 N–H and O–H groups in total. The van der Waals surface area contributed by atoms with Crippen molar-refractivity contribution in [1.82, 2.24) is 5.32 Å². The van der Waals surface area contributed by atoms with Gasteiger partial charge < -0.3 is 10.4 Å². The Morgan fingerprint density at radius 2 is 1.87 bits per heavy atom. The average Bonchev–Trinajstić information content (AvgIpc) is 1.97. The maximum atomic E-state index is 11.1. The summed E-state index contributed by atoms with van der Waals surface area (Å²) in [5.74, 6) is -3.15. The lowest BCUT2D eigenvalue weighted by molar-refractivity contribution is -0.134. The molecular weight excluding hydrogens is 222 g/mol. The standard InChI is InChI=1S/C8H15NO5S/c1-6(2)9-7(10)3-4-15(13,14)5-8(11)12/h6H,3-5H2,1-2H3,(H,9,10)(H,11,12). The average molecular weight is 237 g/mol. The minimum Gasteiger partial charge on any atom is -0.480 e. The molecule has 0 unspecified atom stereocenters. The van der Waals surface area contributed by atoms with Gasteiger partial charge in [-0.05, 0) is 13.8 Å². The van der Waals surface area contributed by atoms with E-state index in [2.05, 4.69) is 5.32 Å². The highest BCUT2D eigenvalue weighted by Gasteiger charge is 2.17. The minimum absolute atomic E-state index is 0.0559. The van der Waals surface area contributed by atoms with E-state index in [0.717, 1.165) is 0 Å². The van der Waals surface area contributed by atoms with E-state index in [4.69, 9.17) is 5.11 Å². The number of sulfone groups is 1. The summed E-state index contributed by atoms with van der Waals surface area (Å²) in [5.41, 5.74) is 0. The molecule has 0 radical (unpaired) electrons. The van der Waals surface area contributed by atoms with E-state index in [1.807, 2.05) is 0 Å². The number of aliphatic carboxylic acids is 1. The molecule has 0 aliphatic rings. The first-order valence-corrected chi connectivity index (χ1v) is 6.26. The van der Waals surface area contributed by atoms with Crippen LogP contribution in [0.1, 0.15) is 20.3 Å². The van der Waals surface area contributed by atoms with Gasteiger partial charge >= 0.3 is 5.97 Å². The summed E-state index contributed by atoms with van der Waals surface area (Å²) in [6.45, 7) is 3.51. The summed E-state index contributed by atoms with van der Waals surface area (Å²) >= 11 is 0.